The molecule has 1 saturated heterocycles. The number of benzene rings is 2. The van der Waals surface area contributed by atoms with Gasteiger partial charge in [-0.25, -0.2) is 0 Å². The van der Waals surface area contributed by atoms with Crippen molar-refractivity contribution in [3.8, 4) is 0 Å². The van der Waals surface area contributed by atoms with Crippen LogP contribution in [-0.4, -0.2) is 10.7 Å². The summed E-state index contributed by atoms with van der Waals surface area (Å²) in [6, 6.07) is 21.9. The maximum Gasteiger partial charge on any atom is 0.117 e. The molecule has 1 heterocycles. The summed E-state index contributed by atoms with van der Waals surface area (Å²) in [7, 11) is 0. The van der Waals surface area contributed by atoms with E-state index in [-0.39, 0.29) is 5.92 Å². The van der Waals surface area contributed by atoms with Gasteiger partial charge in [-0.1, -0.05) is 80.9 Å². The molecule has 122 valence electrons. The number of hydrogen-bond acceptors (Lipinski definition) is 1. The standard InChI is InChI=1S/C21H27NO/c1-3-14-21(23)15-19(17-10-6-4-7-11-17)22-20(16(21)2)18-12-8-5-9-13-18/h4-13,16,19-20,22-23H,3,14-15H2,1-2H3/p+1/t16-,19-,20-,21+/m0/s1. The molecule has 2 aromatic carbocycles. The van der Waals surface area contributed by atoms with Gasteiger partial charge >= 0.3 is 0 Å². The molecule has 3 N–H and O–H groups in total. The van der Waals surface area contributed by atoms with Gasteiger partial charge in [0.05, 0.1) is 5.60 Å². The van der Waals surface area contributed by atoms with Crippen molar-refractivity contribution < 1.29 is 10.4 Å². The third-order valence-electron chi connectivity index (χ3n) is 5.49. The lowest BCUT2D eigenvalue weighted by molar-refractivity contribution is -0.756. The van der Waals surface area contributed by atoms with Gasteiger partial charge in [0.2, 0.25) is 0 Å². The largest absolute Gasteiger partial charge is 0.389 e. The summed E-state index contributed by atoms with van der Waals surface area (Å²) in [4.78, 5) is 0. The van der Waals surface area contributed by atoms with Gasteiger partial charge in [0, 0.05) is 23.5 Å². The molecular formula is C21H28NO+. The number of hydrogen-bond donors (Lipinski definition) is 2. The fourth-order valence-electron chi connectivity index (χ4n) is 4.15. The van der Waals surface area contributed by atoms with E-state index in [9.17, 15) is 5.11 Å². The predicted molar refractivity (Wildman–Crippen MR) is 93.9 cm³/mol. The molecule has 4 atom stereocenters. The van der Waals surface area contributed by atoms with Gasteiger partial charge in [0.1, 0.15) is 12.1 Å². The molecule has 0 bridgehead atoms. The van der Waals surface area contributed by atoms with Crippen LogP contribution in [-0.2, 0) is 0 Å². The van der Waals surface area contributed by atoms with Crippen LogP contribution in [0.25, 0.3) is 0 Å². The average molecular weight is 310 g/mol. The molecule has 0 aromatic heterocycles. The lowest BCUT2D eigenvalue weighted by Gasteiger charge is -2.45. The monoisotopic (exact) mass is 310 g/mol. The number of aliphatic hydroxyl groups is 1. The summed E-state index contributed by atoms with van der Waals surface area (Å²) in [6.07, 6.45) is 2.72. The molecule has 2 aromatic rings. The van der Waals surface area contributed by atoms with Crippen LogP contribution in [0.1, 0.15) is 56.3 Å². The van der Waals surface area contributed by atoms with Crippen LogP contribution in [0.5, 0.6) is 0 Å². The van der Waals surface area contributed by atoms with E-state index < -0.39 is 5.60 Å². The summed E-state index contributed by atoms with van der Waals surface area (Å²) in [5.41, 5.74) is 2.04. The van der Waals surface area contributed by atoms with Crippen molar-refractivity contribution in [3.05, 3.63) is 71.8 Å². The van der Waals surface area contributed by atoms with Crippen molar-refractivity contribution in [2.45, 2.75) is 50.8 Å². The molecule has 0 spiro atoms. The van der Waals surface area contributed by atoms with E-state index in [0.717, 1.165) is 19.3 Å². The second kappa shape index (κ2) is 6.86. The van der Waals surface area contributed by atoms with Gasteiger partial charge in [0.15, 0.2) is 0 Å². The van der Waals surface area contributed by atoms with Crippen LogP contribution < -0.4 is 5.32 Å². The number of piperidine rings is 1. The second-order valence-electron chi connectivity index (χ2n) is 6.99. The Hall–Kier alpha value is -1.64. The van der Waals surface area contributed by atoms with Crippen molar-refractivity contribution in [1.82, 2.24) is 0 Å². The summed E-state index contributed by atoms with van der Waals surface area (Å²) in [5, 5.41) is 13.8. The Balaban J connectivity index is 1.95. The Morgan fingerprint density at radius 2 is 1.57 bits per heavy atom. The number of nitrogens with two attached hydrogens (primary N) is 1. The first kappa shape index (κ1) is 16.2. The summed E-state index contributed by atoms with van der Waals surface area (Å²) >= 11 is 0. The maximum absolute atomic E-state index is 11.4. The first-order chi connectivity index (χ1) is 11.1. The fraction of sp³-hybridized carbons (Fsp3) is 0.429. The summed E-state index contributed by atoms with van der Waals surface area (Å²) < 4.78 is 0. The zero-order chi connectivity index (χ0) is 16.3. The van der Waals surface area contributed by atoms with E-state index in [1.807, 2.05) is 0 Å². The van der Waals surface area contributed by atoms with Crippen LogP contribution in [0.15, 0.2) is 60.7 Å². The fourth-order valence-corrected chi connectivity index (χ4v) is 4.15. The Labute approximate surface area is 139 Å². The molecule has 1 aliphatic heterocycles. The Bertz CT molecular complexity index is 612. The van der Waals surface area contributed by atoms with E-state index in [4.69, 9.17) is 0 Å². The number of quaternary nitrogens is 1. The highest BCUT2D eigenvalue weighted by molar-refractivity contribution is 5.22. The van der Waals surface area contributed by atoms with Crippen molar-refractivity contribution in [3.63, 3.8) is 0 Å². The van der Waals surface area contributed by atoms with Crippen LogP contribution in [0, 0.1) is 5.92 Å². The summed E-state index contributed by atoms with van der Waals surface area (Å²) in [5.74, 6) is 0.241. The minimum absolute atomic E-state index is 0.241. The molecule has 3 rings (SSSR count). The molecule has 0 unspecified atom stereocenters. The zero-order valence-corrected chi connectivity index (χ0v) is 14.2. The minimum atomic E-state index is -0.593. The molecule has 1 aliphatic rings. The smallest absolute Gasteiger partial charge is 0.117 e. The van der Waals surface area contributed by atoms with Gasteiger partial charge in [0.25, 0.3) is 0 Å². The van der Waals surface area contributed by atoms with Gasteiger partial charge in [-0.3, -0.25) is 0 Å². The van der Waals surface area contributed by atoms with E-state index in [0.29, 0.717) is 12.1 Å². The van der Waals surface area contributed by atoms with Crippen LogP contribution in [0.3, 0.4) is 0 Å². The highest BCUT2D eigenvalue weighted by Crippen LogP contribution is 2.41. The molecule has 0 aliphatic carbocycles. The first-order valence-corrected chi connectivity index (χ1v) is 8.81. The van der Waals surface area contributed by atoms with Crippen LogP contribution in [0.4, 0.5) is 0 Å². The van der Waals surface area contributed by atoms with Crippen molar-refractivity contribution >= 4 is 0 Å². The quantitative estimate of drug-likeness (QED) is 0.889. The van der Waals surface area contributed by atoms with E-state index in [2.05, 4.69) is 79.8 Å². The maximum atomic E-state index is 11.4. The Morgan fingerprint density at radius 3 is 2.13 bits per heavy atom. The number of rotatable bonds is 4. The third-order valence-corrected chi connectivity index (χ3v) is 5.49. The van der Waals surface area contributed by atoms with Crippen molar-refractivity contribution in [2.24, 2.45) is 5.92 Å². The minimum Gasteiger partial charge on any atom is -0.389 e. The lowest BCUT2D eigenvalue weighted by Crippen LogP contribution is -2.91. The van der Waals surface area contributed by atoms with Crippen molar-refractivity contribution in [2.75, 3.05) is 0 Å². The Morgan fingerprint density at radius 1 is 1.00 bits per heavy atom. The second-order valence-corrected chi connectivity index (χ2v) is 6.99. The SMILES string of the molecule is CCC[C@@]1(O)C[C@@H](c2ccccc2)[NH2+][C@H](c2ccccc2)[C@@H]1C. The first-order valence-electron chi connectivity index (χ1n) is 8.81. The van der Waals surface area contributed by atoms with Crippen LogP contribution >= 0.6 is 0 Å². The molecule has 0 saturated carbocycles. The molecule has 2 heteroatoms. The lowest BCUT2D eigenvalue weighted by atomic mass is 9.70. The van der Waals surface area contributed by atoms with E-state index in [1.165, 1.54) is 11.1 Å². The normalized spacial score (nSPS) is 31.0. The average Bonchev–Trinajstić information content (AvgIpc) is 2.59. The van der Waals surface area contributed by atoms with Gasteiger partial charge in [-0.15, -0.1) is 0 Å². The van der Waals surface area contributed by atoms with Crippen molar-refractivity contribution in [1.29, 1.82) is 0 Å². The van der Waals surface area contributed by atoms with Gasteiger partial charge in [-0.05, 0) is 6.42 Å². The molecule has 23 heavy (non-hydrogen) atoms. The van der Waals surface area contributed by atoms with Gasteiger partial charge < -0.3 is 10.4 Å². The molecule has 0 amide bonds. The van der Waals surface area contributed by atoms with Gasteiger partial charge in [-0.2, -0.15) is 0 Å². The molecule has 0 radical (unpaired) electrons. The predicted octanol–water partition coefficient (Wildman–Crippen LogP) is 3.60. The van der Waals surface area contributed by atoms with E-state index >= 15 is 0 Å². The molecular weight excluding hydrogens is 282 g/mol. The topological polar surface area (TPSA) is 36.8 Å². The molecule has 1 fully saturated rings. The van der Waals surface area contributed by atoms with Crippen LogP contribution in [0.2, 0.25) is 0 Å². The highest BCUT2D eigenvalue weighted by Gasteiger charge is 2.48. The third kappa shape index (κ3) is 3.34. The molecule has 2 nitrogen and oxygen atoms in total. The Kier molecular flexibility index (Phi) is 4.84. The highest BCUT2D eigenvalue weighted by atomic mass is 16.3. The summed E-state index contributed by atoms with van der Waals surface area (Å²) in [6.45, 7) is 4.38. The van der Waals surface area contributed by atoms with E-state index in [1.54, 1.807) is 0 Å². The zero-order valence-electron chi connectivity index (χ0n) is 14.2.